The SMILES string of the molecule is O=c1c2ccccc2nc(-c2cccc(C(F)(F)F)c2)n1N=Cc1ccc(Sc2ccc(Cl)cc2)cc1. The number of halogens is 4. The van der Waals surface area contributed by atoms with Crippen LogP contribution in [0.1, 0.15) is 11.1 Å². The minimum absolute atomic E-state index is 0.0148. The number of alkyl halides is 3. The highest BCUT2D eigenvalue weighted by molar-refractivity contribution is 7.99. The summed E-state index contributed by atoms with van der Waals surface area (Å²) in [4.78, 5) is 19.8. The van der Waals surface area contributed by atoms with Gasteiger partial charge in [0.2, 0.25) is 0 Å². The van der Waals surface area contributed by atoms with Crippen molar-refractivity contribution in [3.63, 3.8) is 0 Å². The second kappa shape index (κ2) is 10.2. The molecule has 0 radical (unpaired) electrons. The molecule has 0 saturated carbocycles. The summed E-state index contributed by atoms with van der Waals surface area (Å²) in [5, 5.41) is 5.31. The molecule has 0 aliphatic rings. The van der Waals surface area contributed by atoms with Crippen LogP contribution in [0, 0.1) is 0 Å². The van der Waals surface area contributed by atoms with Crippen LogP contribution in [0.25, 0.3) is 22.3 Å². The van der Waals surface area contributed by atoms with Gasteiger partial charge in [-0.15, -0.1) is 0 Å². The molecule has 0 saturated heterocycles. The summed E-state index contributed by atoms with van der Waals surface area (Å²) < 4.78 is 41.1. The Morgan fingerprint density at radius 3 is 2.24 bits per heavy atom. The molecule has 0 amide bonds. The van der Waals surface area contributed by atoms with Crippen LogP contribution in [0.3, 0.4) is 0 Å². The molecule has 5 aromatic rings. The zero-order valence-corrected chi connectivity index (χ0v) is 20.6. The molecule has 9 heteroatoms. The minimum atomic E-state index is -4.53. The zero-order chi connectivity index (χ0) is 26.0. The first-order valence-electron chi connectivity index (χ1n) is 11.1. The molecule has 37 heavy (non-hydrogen) atoms. The number of nitrogens with zero attached hydrogens (tertiary/aromatic N) is 3. The summed E-state index contributed by atoms with van der Waals surface area (Å²) in [5.74, 6) is 0.0148. The number of benzene rings is 4. The van der Waals surface area contributed by atoms with Crippen LogP contribution in [-0.2, 0) is 6.18 Å². The van der Waals surface area contributed by atoms with E-state index in [9.17, 15) is 18.0 Å². The average molecular weight is 536 g/mol. The van der Waals surface area contributed by atoms with Crippen molar-refractivity contribution in [2.24, 2.45) is 5.10 Å². The third-order valence-corrected chi connectivity index (χ3v) is 6.72. The van der Waals surface area contributed by atoms with Crippen LogP contribution in [-0.4, -0.2) is 15.9 Å². The first-order valence-corrected chi connectivity index (χ1v) is 12.2. The fraction of sp³-hybridized carbons (Fsp3) is 0.0357. The Morgan fingerprint density at radius 2 is 1.54 bits per heavy atom. The Morgan fingerprint density at radius 1 is 0.865 bits per heavy atom. The molecule has 0 unspecified atom stereocenters. The molecule has 1 aromatic heterocycles. The van der Waals surface area contributed by atoms with Crippen LogP contribution in [0.4, 0.5) is 13.2 Å². The second-order valence-corrected chi connectivity index (χ2v) is 9.60. The standard InChI is InChI=1S/C28H17ClF3N3OS/c29-21-10-14-23(15-11-21)37-22-12-8-18(9-13-22)17-33-35-26(19-4-3-5-20(16-19)28(30,31)32)34-25-7-2-1-6-24(25)27(35)36/h1-17H. The van der Waals surface area contributed by atoms with Crippen LogP contribution < -0.4 is 5.56 Å². The summed E-state index contributed by atoms with van der Waals surface area (Å²) in [6.45, 7) is 0. The van der Waals surface area contributed by atoms with Crippen molar-refractivity contribution in [2.45, 2.75) is 16.0 Å². The smallest absolute Gasteiger partial charge is 0.267 e. The highest BCUT2D eigenvalue weighted by Crippen LogP contribution is 2.32. The Hall–Kier alpha value is -3.88. The van der Waals surface area contributed by atoms with Crippen LogP contribution in [0.15, 0.2) is 117 Å². The maximum Gasteiger partial charge on any atom is 0.416 e. The minimum Gasteiger partial charge on any atom is -0.267 e. The summed E-state index contributed by atoms with van der Waals surface area (Å²) in [6.07, 6.45) is -3.06. The number of para-hydroxylation sites is 1. The summed E-state index contributed by atoms with van der Waals surface area (Å²) in [7, 11) is 0. The van der Waals surface area contributed by atoms with Gasteiger partial charge in [-0.25, -0.2) is 4.98 Å². The van der Waals surface area contributed by atoms with Crippen molar-refractivity contribution in [2.75, 3.05) is 0 Å². The fourth-order valence-electron chi connectivity index (χ4n) is 3.64. The molecule has 0 aliphatic carbocycles. The van der Waals surface area contributed by atoms with E-state index < -0.39 is 17.3 Å². The molecule has 0 N–H and O–H groups in total. The van der Waals surface area contributed by atoms with Gasteiger partial charge in [-0.2, -0.15) is 22.9 Å². The van der Waals surface area contributed by atoms with Gasteiger partial charge in [0.1, 0.15) is 0 Å². The highest BCUT2D eigenvalue weighted by Gasteiger charge is 2.31. The monoisotopic (exact) mass is 535 g/mol. The van der Waals surface area contributed by atoms with E-state index >= 15 is 0 Å². The number of hydrogen-bond acceptors (Lipinski definition) is 4. The first-order chi connectivity index (χ1) is 17.8. The summed E-state index contributed by atoms with van der Waals surface area (Å²) in [6, 6.07) is 26.3. The van der Waals surface area contributed by atoms with Crippen molar-refractivity contribution in [1.82, 2.24) is 9.66 Å². The third-order valence-electron chi connectivity index (χ3n) is 5.45. The van der Waals surface area contributed by atoms with Crippen LogP contribution in [0.2, 0.25) is 5.02 Å². The van der Waals surface area contributed by atoms with Crippen LogP contribution >= 0.6 is 23.4 Å². The predicted octanol–water partition coefficient (Wildman–Crippen LogP) is 7.77. The van der Waals surface area contributed by atoms with Gasteiger partial charge in [-0.3, -0.25) is 4.79 Å². The second-order valence-electron chi connectivity index (χ2n) is 8.02. The van der Waals surface area contributed by atoms with Gasteiger partial charge >= 0.3 is 6.18 Å². The van der Waals surface area contributed by atoms with Gasteiger partial charge in [0.05, 0.1) is 22.7 Å². The van der Waals surface area contributed by atoms with E-state index in [0.717, 1.165) is 26.6 Å². The Bertz CT molecular complexity index is 1660. The topological polar surface area (TPSA) is 47.2 Å². The normalized spacial score (nSPS) is 11.9. The maximum atomic E-state index is 13.3. The molecule has 0 bridgehead atoms. The molecule has 1 heterocycles. The molecule has 0 aliphatic heterocycles. The number of fused-ring (bicyclic) bond motifs is 1. The molecular formula is C28H17ClF3N3OS. The average Bonchev–Trinajstić information content (AvgIpc) is 2.90. The lowest BCUT2D eigenvalue weighted by Gasteiger charge is -2.12. The van der Waals surface area contributed by atoms with E-state index in [1.807, 2.05) is 48.5 Å². The molecule has 4 nitrogen and oxygen atoms in total. The van der Waals surface area contributed by atoms with Crippen molar-refractivity contribution in [3.8, 4) is 11.4 Å². The van der Waals surface area contributed by atoms with Gasteiger partial charge in [0.15, 0.2) is 5.82 Å². The van der Waals surface area contributed by atoms with E-state index in [-0.39, 0.29) is 11.4 Å². The number of rotatable bonds is 5. The van der Waals surface area contributed by atoms with Crippen molar-refractivity contribution in [1.29, 1.82) is 0 Å². The van der Waals surface area contributed by atoms with Gasteiger partial charge in [-0.1, -0.05) is 59.8 Å². The lowest BCUT2D eigenvalue weighted by molar-refractivity contribution is -0.137. The molecule has 5 rings (SSSR count). The first kappa shape index (κ1) is 24.8. The largest absolute Gasteiger partial charge is 0.416 e. The molecule has 0 spiro atoms. The molecule has 0 atom stereocenters. The lowest BCUT2D eigenvalue weighted by Crippen LogP contribution is -2.20. The van der Waals surface area contributed by atoms with Crippen LogP contribution in [0.5, 0.6) is 0 Å². The van der Waals surface area contributed by atoms with Gasteiger partial charge in [-0.05, 0) is 66.2 Å². The quantitative estimate of drug-likeness (QED) is 0.216. The molecule has 0 fully saturated rings. The molecule has 4 aromatic carbocycles. The highest BCUT2D eigenvalue weighted by atomic mass is 35.5. The van der Waals surface area contributed by atoms with Gasteiger partial charge in [0, 0.05) is 20.4 Å². The third kappa shape index (κ3) is 5.60. The maximum absolute atomic E-state index is 13.3. The van der Waals surface area contributed by atoms with Crippen molar-refractivity contribution < 1.29 is 13.2 Å². The van der Waals surface area contributed by atoms with E-state index in [1.165, 1.54) is 18.3 Å². The zero-order valence-electron chi connectivity index (χ0n) is 19.0. The Kier molecular flexibility index (Phi) is 6.86. The number of aromatic nitrogens is 2. The Balaban J connectivity index is 1.52. The van der Waals surface area contributed by atoms with E-state index in [0.29, 0.717) is 21.5 Å². The number of hydrogen-bond donors (Lipinski definition) is 0. The molecular weight excluding hydrogens is 519 g/mol. The van der Waals surface area contributed by atoms with Crippen molar-refractivity contribution in [3.05, 3.63) is 124 Å². The molecule has 184 valence electrons. The van der Waals surface area contributed by atoms with E-state index in [4.69, 9.17) is 11.6 Å². The fourth-order valence-corrected chi connectivity index (χ4v) is 4.58. The van der Waals surface area contributed by atoms with E-state index in [2.05, 4.69) is 10.1 Å². The van der Waals surface area contributed by atoms with Gasteiger partial charge in [0.25, 0.3) is 5.56 Å². The lowest BCUT2D eigenvalue weighted by atomic mass is 10.1. The summed E-state index contributed by atoms with van der Waals surface area (Å²) >= 11 is 7.51. The van der Waals surface area contributed by atoms with Gasteiger partial charge < -0.3 is 0 Å². The Labute approximate surface area is 219 Å². The van der Waals surface area contributed by atoms with Crippen molar-refractivity contribution >= 4 is 40.5 Å². The van der Waals surface area contributed by atoms with E-state index in [1.54, 1.807) is 36.0 Å². The predicted molar refractivity (Wildman–Crippen MR) is 141 cm³/mol. The summed E-state index contributed by atoms with van der Waals surface area (Å²) in [5.41, 5.74) is -0.115.